The Bertz CT molecular complexity index is 456. The minimum absolute atomic E-state index is 0.193. The van der Waals surface area contributed by atoms with Crippen LogP contribution in [0.3, 0.4) is 0 Å². The lowest BCUT2D eigenvalue weighted by Gasteiger charge is -2.12. The molecule has 1 unspecified atom stereocenters. The number of nitrogens with one attached hydrogen (secondary N) is 1. The van der Waals surface area contributed by atoms with Gasteiger partial charge in [-0.15, -0.1) is 0 Å². The zero-order valence-corrected chi connectivity index (χ0v) is 10.7. The van der Waals surface area contributed by atoms with Crippen molar-refractivity contribution in [3.05, 3.63) is 29.3 Å². The van der Waals surface area contributed by atoms with Gasteiger partial charge in [0, 0.05) is 0 Å². The summed E-state index contributed by atoms with van der Waals surface area (Å²) in [5, 5.41) is 11.0. The summed E-state index contributed by atoms with van der Waals surface area (Å²) in [4.78, 5) is 22.0. The van der Waals surface area contributed by atoms with E-state index in [0.717, 1.165) is 11.1 Å². The van der Waals surface area contributed by atoms with E-state index in [1.807, 2.05) is 32.0 Å². The standard InChI is InChI=1S/C13H17NO4/c1-8-4-5-9(2)11(6-8)18-7-12(15)14-10(3)13(16)17/h4-6,10H,7H2,1-3H3,(H,14,15)(H,16,17). The maximum atomic E-state index is 11.4. The molecule has 2 N–H and O–H groups in total. The Morgan fingerprint density at radius 3 is 2.67 bits per heavy atom. The zero-order chi connectivity index (χ0) is 13.7. The molecule has 0 saturated carbocycles. The summed E-state index contributed by atoms with van der Waals surface area (Å²) in [5.41, 5.74) is 1.97. The van der Waals surface area contributed by atoms with Gasteiger partial charge in [-0.25, -0.2) is 0 Å². The van der Waals surface area contributed by atoms with Gasteiger partial charge >= 0.3 is 5.97 Å². The molecule has 0 aliphatic carbocycles. The van der Waals surface area contributed by atoms with Gasteiger partial charge in [0.15, 0.2) is 6.61 Å². The number of carboxylic acids is 1. The van der Waals surface area contributed by atoms with Gasteiger partial charge in [-0.3, -0.25) is 9.59 Å². The van der Waals surface area contributed by atoms with Crippen LogP contribution in [0.15, 0.2) is 18.2 Å². The highest BCUT2D eigenvalue weighted by Crippen LogP contribution is 2.18. The van der Waals surface area contributed by atoms with Crippen LogP contribution in [0.25, 0.3) is 0 Å². The van der Waals surface area contributed by atoms with Gasteiger partial charge < -0.3 is 15.2 Å². The number of amides is 1. The number of aliphatic carboxylic acids is 1. The maximum Gasteiger partial charge on any atom is 0.325 e. The normalized spacial score (nSPS) is 11.7. The topological polar surface area (TPSA) is 75.6 Å². The molecule has 0 bridgehead atoms. The molecule has 5 nitrogen and oxygen atoms in total. The molecular weight excluding hydrogens is 234 g/mol. The Balaban J connectivity index is 2.52. The first kappa shape index (κ1) is 14.0. The number of carbonyl (C=O) groups excluding carboxylic acids is 1. The van der Waals surface area contributed by atoms with E-state index >= 15 is 0 Å². The fourth-order valence-corrected chi connectivity index (χ4v) is 1.35. The molecule has 1 atom stereocenters. The van der Waals surface area contributed by atoms with Crippen molar-refractivity contribution in [3.8, 4) is 5.75 Å². The van der Waals surface area contributed by atoms with Crippen molar-refractivity contribution >= 4 is 11.9 Å². The number of hydrogen-bond donors (Lipinski definition) is 2. The van der Waals surface area contributed by atoms with Crippen LogP contribution in [0.5, 0.6) is 5.75 Å². The van der Waals surface area contributed by atoms with Gasteiger partial charge in [0.2, 0.25) is 0 Å². The van der Waals surface area contributed by atoms with Crippen molar-refractivity contribution in [3.63, 3.8) is 0 Å². The largest absolute Gasteiger partial charge is 0.483 e. The van der Waals surface area contributed by atoms with E-state index in [-0.39, 0.29) is 6.61 Å². The fraction of sp³-hybridized carbons (Fsp3) is 0.385. The van der Waals surface area contributed by atoms with E-state index in [9.17, 15) is 9.59 Å². The molecule has 0 heterocycles. The van der Waals surface area contributed by atoms with E-state index in [2.05, 4.69) is 5.32 Å². The van der Waals surface area contributed by atoms with E-state index in [4.69, 9.17) is 9.84 Å². The second kappa shape index (κ2) is 6.05. The Morgan fingerprint density at radius 1 is 1.39 bits per heavy atom. The number of ether oxygens (including phenoxy) is 1. The molecule has 0 fully saturated rings. The van der Waals surface area contributed by atoms with Crippen LogP contribution in [0.2, 0.25) is 0 Å². The predicted octanol–water partition coefficient (Wildman–Crippen LogP) is 1.27. The second-order valence-electron chi connectivity index (χ2n) is 4.19. The molecule has 1 rings (SSSR count). The molecule has 0 spiro atoms. The van der Waals surface area contributed by atoms with Crippen molar-refractivity contribution < 1.29 is 19.4 Å². The number of benzene rings is 1. The molecule has 1 aromatic carbocycles. The van der Waals surface area contributed by atoms with Crippen LogP contribution >= 0.6 is 0 Å². The Morgan fingerprint density at radius 2 is 2.06 bits per heavy atom. The van der Waals surface area contributed by atoms with Gasteiger partial charge in [0.1, 0.15) is 11.8 Å². The lowest BCUT2D eigenvalue weighted by atomic mass is 10.1. The van der Waals surface area contributed by atoms with Gasteiger partial charge in [-0.2, -0.15) is 0 Å². The summed E-state index contributed by atoms with van der Waals surface area (Å²) in [6.07, 6.45) is 0. The number of hydrogen-bond acceptors (Lipinski definition) is 3. The molecule has 0 saturated heterocycles. The van der Waals surface area contributed by atoms with Crippen LogP contribution < -0.4 is 10.1 Å². The minimum Gasteiger partial charge on any atom is -0.483 e. The molecule has 0 aliphatic rings. The predicted molar refractivity (Wildman–Crippen MR) is 66.7 cm³/mol. The smallest absolute Gasteiger partial charge is 0.325 e. The summed E-state index contributed by atoms with van der Waals surface area (Å²) >= 11 is 0. The zero-order valence-electron chi connectivity index (χ0n) is 10.7. The third-order valence-corrected chi connectivity index (χ3v) is 2.45. The summed E-state index contributed by atoms with van der Waals surface area (Å²) in [5.74, 6) is -0.894. The molecule has 5 heteroatoms. The van der Waals surface area contributed by atoms with Gasteiger partial charge in [-0.1, -0.05) is 12.1 Å². The molecular formula is C13H17NO4. The number of aryl methyl sites for hydroxylation is 2. The number of carboxylic acid groups (broad SMARTS) is 1. The van der Waals surface area contributed by atoms with E-state index in [1.54, 1.807) is 0 Å². The average molecular weight is 251 g/mol. The van der Waals surface area contributed by atoms with Crippen molar-refractivity contribution in [1.29, 1.82) is 0 Å². The van der Waals surface area contributed by atoms with Crippen molar-refractivity contribution in [1.82, 2.24) is 5.32 Å². The molecule has 1 aromatic rings. The first-order chi connectivity index (χ1) is 8.40. The summed E-state index contributed by atoms with van der Waals surface area (Å²) in [6.45, 7) is 5.02. The Hall–Kier alpha value is -2.04. The molecule has 18 heavy (non-hydrogen) atoms. The fourth-order valence-electron chi connectivity index (χ4n) is 1.35. The molecule has 98 valence electrons. The quantitative estimate of drug-likeness (QED) is 0.826. The van der Waals surface area contributed by atoms with Gasteiger partial charge in [0.05, 0.1) is 0 Å². The van der Waals surface area contributed by atoms with E-state index in [0.29, 0.717) is 5.75 Å². The first-order valence-corrected chi connectivity index (χ1v) is 5.62. The number of rotatable bonds is 5. The molecule has 1 amide bonds. The van der Waals surface area contributed by atoms with Crippen LogP contribution in [0.4, 0.5) is 0 Å². The van der Waals surface area contributed by atoms with Crippen LogP contribution in [-0.2, 0) is 9.59 Å². The van der Waals surface area contributed by atoms with Crippen LogP contribution in [0.1, 0.15) is 18.1 Å². The first-order valence-electron chi connectivity index (χ1n) is 5.62. The monoisotopic (exact) mass is 251 g/mol. The summed E-state index contributed by atoms with van der Waals surface area (Å²) in [6, 6.07) is 4.78. The maximum absolute atomic E-state index is 11.4. The summed E-state index contributed by atoms with van der Waals surface area (Å²) < 4.78 is 5.36. The lowest BCUT2D eigenvalue weighted by Crippen LogP contribution is -2.40. The van der Waals surface area contributed by atoms with E-state index in [1.165, 1.54) is 6.92 Å². The number of carbonyl (C=O) groups is 2. The average Bonchev–Trinajstić information content (AvgIpc) is 2.30. The third kappa shape index (κ3) is 4.08. The second-order valence-corrected chi connectivity index (χ2v) is 4.19. The van der Waals surface area contributed by atoms with Crippen LogP contribution in [-0.4, -0.2) is 29.6 Å². The van der Waals surface area contributed by atoms with Gasteiger partial charge in [0.25, 0.3) is 5.91 Å². The lowest BCUT2D eigenvalue weighted by molar-refractivity contribution is -0.141. The molecule has 0 aliphatic heterocycles. The van der Waals surface area contributed by atoms with Crippen molar-refractivity contribution in [2.45, 2.75) is 26.8 Å². The summed E-state index contributed by atoms with van der Waals surface area (Å²) in [7, 11) is 0. The molecule has 0 aromatic heterocycles. The Labute approximate surface area is 106 Å². The highest BCUT2D eigenvalue weighted by atomic mass is 16.5. The van der Waals surface area contributed by atoms with Crippen LogP contribution in [0, 0.1) is 13.8 Å². The van der Waals surface area contributed by atoms with Crippen molar-refractivity contribution in [2.75, 3.05) is 6.61 Å². The SMILES string of the molecule is Cc1ccc(C)c(OCC(=O)NC(C)C(=O)O)c1. The minimum atomic E-state index is -1.07. The highest BCUT2D eigenvalue weighted by Gasteiger charge is 2.14. The van der Waals surface area contributed by atoms with Crippen molar-refractivity contribution in [2.24, 2.45) is 0 Å². The van der Waals surface area contributed by atoms with E-state index < -0.39 is 17.9 Å². The van der Waals surface area contributed by atoms with Gasteiger partial charge in [-0.05, 0) is 38.0 Å². The third-order valence-electron chi connectivity index (χ3n) is 2.45. The highest BCUT2D eigenvalue weighted by molar-refractivity contribution is 5.84. The Kier molecular flexibility index (Phi) is 4.71. The molecule has 0 radical (unpaired) electrons.